The van der Waals surface area contributed by atoms with Crippen LogP contribution >= 0.6 is 0 Å². The van der Waals surface area contributed by atoms with Crippen molar-refractivity contribution in [1.82, 2.24) is 4.72 Å². The number of Topliss-reactive ketones (excluding diaryl/α,β-unsaturated/α-hetero) is 1. The number of rotatable bonds is 4. The average Bonchev–Trinajstić information content (AvgIpc) is 2.90. The fourth-order valence-corrected chi connectivity index (χ4v) is 11.9. The third-order valence-electron chi connectivity index (χ3n) is 13.1. The number of nitrogens with one attached hydrogen (secondary N) is 1. The summed E-state index contributed by atoms with van der Waals surface area (Å²) in [6.45, 7) is 14.0. The van der Waals surface area contributed by atoms with Crippen molar-refractivity contribution < 1.29 is 23.1 Å². The molecule has 0 unspecified atom stereocenters. The van der Waals surface area contributed by atoms with Gasteiger partial charge < -0.3 is 5.11 Å². The molecular formula is C33H45N3O5S. The third-order valence-corrected chi connectivity index (χ3v) is 14.7. The van der Waals surface area contributed by atoms with Gasteiger partial charge in [0.25, 0.3) is 0 Å². The Morgan fingerprint density at radius 1 is 0.976 bits per heavy atom. The minimum absolute atomic E-state index is 0.0915. The summed E-state index contributed by atoms with van der Waals surface area (Å²) in [5, 5.41) is 31.8. The summed E-state index contributed by atoms with van der Waals surface area (Å²) >= 11 is 0. The molecular weight excluding hydrogens is 550 g/mol. The molecule has 9 heteroatoms. The lowest BCUT2D eigenvalue weighted by Crippen LogP contribution is -2.74. The Balaban J connectivity index is 1.64. The maximum Gasteiger partial charge on any atom is 0.213 e. The lowest BCUT2D eigenvalue weighted by Gasteiger charge is -2.71. The summed E-state index contributed by atoms with van der Waals surface area (Å²) in [6.07, 6.45) is 7.72. The number of carbonyl (C=O) groups is 2. The number of hydrogen-bond donors (Lipinski definition) is 2. The van der Waals surface area contributed by atoms with E-state index < -0.39 is 48.7 Å². The van der Waals surface area contributed by atoms with Gasteiger partial charge in [-0.1, -0.05) is 47.6 Å². The second-order valence-corrected chi connectivity index (χ2v) is 17.6. The molecule has 3 fully saturated rings. The van der Waals surface area contributed by atoms with Gasteiger partial charge in [0.2, 0.25) is 10.0 Å². The number of carbonyl (C=O) groups excluding carboxylic acids is 2. The molecule has 5 aliphatic carbocycles. The number of allylic oxidation sites excluding steroid dienone is 3. The zero-order chi connectivity index (χ0) is 31.4. The second-order valence-electron chi connectivity index (χ2n) is 15.7. The van der Waals surface area contributed by atoms with Gasteiger partial charge >= 0.3 is 0 Å². The molecule has 2 N–H and O–H groups in total. The number of fused-ring (bicyclic) bond motifs is 7. The van der Waals surface area contributed by atoms with Crippen molar-refractivity contribution in [2.45, 2.75) is 111 Å². The molecule has 3 saturated carbocycles. The van der Waals surface area contributed by atoms with Crippen LogP contribution in [-0.4, -0.2) is 42.0 Å². The zero-order valence-corrected chi connectivity index (χ0v) is 26.9. The molecule has 0 aromatic heterocycles. The van der Waals surface area contributed by atoms with E-state index in [9.17, 15) is 28.4 Å². The van der Waals surface area contributed by atoms with Crippen LogP contribution in [0, 0.1) is 61.6 Å². The molecule has 8 atom stereocenters. The largest absolute Gasteiger partial charge is 0.381 e. The Kier molecular flexibility index (Phi) is 6.74. The molecule has 0 spiro atoms. The first-order valence-corrected chi connectivity index (χ1v) is 16.9. The molecule has 0 bridgehead atoms. The van der Waals surface area contributed by atoms with Gasteiger partial charge in [0.05, 0.1) is 23.8 Å². The number of ketones is 2. The Hall–Kier alpha value is -2.33. The molecule has 5 aliphatic rings. The highest BCUT2D eigenvalue weighted by atomic mass is 32.2. The minimum Gasteiger partial charge on any atom is -0.381 e. The summed E-state index contributed by atoms with van der Waals surface area (Å²) < 4.78 is 28.6. The number of nitrogens with zero attached hydrogens (tertiary/aromatic N) is 2. The summed E-state index contributed by atoms with van der Waals surface area (Å²) in [6, 6.07) is 4.01. The van der Waals surface area contributed by atoms with Crippen LogP contribution in [0.15, 0.2) is 23.3 Å². The number of sulfonamides is 1. The van der Waals surface area contributed by atoms with Gasteiger partial charge in [0.1, 0.15) is 11.7 Å². The summed E-state index contributed by atoms with van der Waals surface area (Å²) in [7, 11) is -3.72. The van der Waals surface area contributed by atoms with Crippen LogP contribution < -0.4 is 4.72 Å². The number of nitriles is 2. The van der Waals surface area contributed by atoms with E-state index in [0.29, 0.717) is 32.1 Å². The van der Waals surface area contributed by atoms with Crippen molar-refractivity contribution in [3.05, 3.63) is 23.3 Å². The standard InChI is InChI=1S/C33H45N3O5S/c1-27(2)22-9-10-31(6)23(30(22,5)18-21(20-35)26(27)38)17-25(37)33(39)24-19-29(4,36-42(40,41)16-8-15-34)13-11-28(24,3)12-14-32(31,33)7/h17-18,22,24,36,39H,8-14,16,19H2,1-7H3/t22-,24+,28-,29-,30-,31+,32-,33+/m0/s1. The topological polar surface area (TPSA) is 148 Å². The van der Waals surface area contributed by atoms with Crippen LogP contribution in [0.25, 0.3) is 0 Å². The Morgan fingerprint density at radius 2 is 1.62 bits per heavy atom. The number of aliphatic hydroxyl groups is 1. The van der Waals surface area contributed by atoms with Crippen molar-refractivity contribution in [3.8, 4) is 12.1 Å². The summed E-state index contributed by atoms with van der Waals surface area (Å²) in [4.78, 5) is 27.8. The molecule has 0 heterocycles. The van der Waals surface area contributed by atoms with Crippen LogP contribution in [0.4, 0.5) is 0 Å². The average molecular weight is 596 g/mol. The Morgan fingerprint density at radius 3 is 2.24 bits per heavy atom. The molecule has 0 aromatic rings. The highest BCUT2D eigenvalue weighted by Crippen LogP contribution is 2.75. The van der Waals surface area contributed by atoms with E-state index in [1.165, 1.54) is 0 Å². The SMILES string of the molecule is CC1(C)C(=O)C(C#N)=C[C@]2(C)C3=CC(=O)[C@]4(O)[C@@H]5C[C@@](C)(NS(=O)(=O)CCC#N)CC[C@@]5(C)CC[C@@]4(C)[C@]3(C)CC[C@@H]12. The van der Waals surface area contributed by atoms with E-state index in [0.717, 1.165) is 18.4 Å². The van der Waals surface area contributed by atoms with Crippen molar-refractivity contribution >= 4 is 21.6 Å². The molecule has 5 rings (SSSR count). The quantitative estimate of drug-likeness (QED) is 0.469. The fourth-order valence-electron chi connectivity index (χ4n) is 10.5. The lowest BCUT2D eigenvalue weighted by molar-refractivity contribution is -0.239. The summed E-state index contributed by atoms with van der Waals surface area (Å²) in [5.41, 5.74) is -4.80. The normalized spacial score (nSPS) is 46.0. The van der Waals surface area contributed by atoms with E-state index in [4.69, 9.17) is 5.26 Å². The lowest BCUT2D eigenvalue weighted by atomic mass is 9.33. The van der Waals surface area contributed by atoms with Crippen LogP contribution in [0.3, 0.4) is 0 Å². The molecule has 42 heavy (non-hydrogen) atoms. The van der Waals surface area contributed by atoms with E-state index in [2.05, 4.69) is 24.6 Å². The first-order chi connectivity index (χ1) is 19.2. The van der Waals surface area contributed by atoms with Crippen molar-refractivity contribution in [2.75, 3.05) is 5.75 Å². The van der Waals surface area contributed by atoms with Crippen LogP contribution in [0.5, 0.6) is 0 Å². The van der Waals surface area contributed by atoms with Gasteiger partial charge in [-0.15, -0.1) is 0 Å². The van der Waals surface area contributed by atoms with Crippen molar-refractivity contribution in [3.63, 3.8) is 0 Å². The minimum atomic E-state index is -3.72. The fraction of sp³-hybridized carbons (Fsp3) is 0.758. The smallest absolute Gasteiger partial charge is 0.213 e. The molecule has 228 valence electrons. The Bertz CT molecular complexity index is 1520. The molecule has 8 nitrogen and oxygen atoms in total. The first-order valence-electron chi connectivity index (χ1n) is 15.3. The van der Waals surface area contributed by atoms with Gasteiger partial charge in [-0.05, 0) is 80.3 Å². The summed E-state index contributed by atoms with van der Waals surface area (Å²) in [5.74, 6) is -1.38. The van der Waals surface area contributed by atoms with E-state index >= 15 is 0 Å². The van der Waals surface area contributed by atoms with E-state index in [1.807, 2.05) is 40.7 Å². The first kappa shape index (κ1) is 31.1. The number of hydrogen-bond acceptors (Lipinski definition) is 7. The van der Waals surface area contributed by atoms with Crippen LogP contribution in [0.2, 0.25) is 0 Å². The van der Waals surface area contributed by atoms with Crippen LogP contribution in [0.1, 0.15) is 99.8 Å². The highest BCUT2D eigenvalue weighted by Gasteiger charge is 2.75. The van der Waals surface area contributed by atoms with Gasteiger partial charge in [-0.2, -0.15) is 10.5 Å². The van der Waals surface area contributed by atoms with E-state index in [-0.39, 0.29) is 40.6 Å². The maximum absolute atomic E-state index is 14.5. The Labute approximate surface area is 250 Å². The van der Waals surface area contributed by atoms with Crippen LogP contribution in [-0.2, 0) is 19.6 Å². The van der Waals surface area contributed by atoms with E-state index in [1.54, 1.807) is 12.2 Å². The predicted molar refractivity (Wildman–Crippen MR) is 158 cm³/mol. The van der Waals surface area contributed by atoms with Crippen molar-refractivity contribution in [2.24, 2.45) is 38.9 Å². The maximum atomic E-state index is 14.5. The highest BCUT2D eigenvalue weighted by molar-refractivity contribution is 7.89. The molecule has 0 aliphatic heterocycles. The molecule has 0 aromatic carbocycles. The third kappa shape index (κ3) is 3.85. The van der Waals surface area contributed by atoms with Crippen molar-refractivity contribution in [1.29, 1.82) is 10.5 Å². The monoisotopic (exact) mass is 595 g/mol. The second kappa shape index (κ2) is 9.10. The van der Waals surface area contributed by atoms with Gasteiger partial charge in [0.15, 0.2) is 11.6 Å². The van der Waals surface area contributed by atoms with Gasteiger partial charge in [-0.25, -0.2) is 13.1 Å². The molecule has 0 saturated heterocycles. The van der Waals surface area contributed by atoms with Gasteiger partial charge in [-0.3, -0.25) is 9.59 Å². The molecule has 0 amide bonds. The predicted octanol–water partition coefficient (Wildman–Crippen LogP) is 4.91. The zero-order valence-electron chi connectivity index (χ0n) is 26.1. The molecule has 0 radical (unpaired) electrons. The van der Waals surface area contributed by atoms with Gasteiger partial charge in [0, 0.05) is 27.7 Å².